The molecule has 346 valence electrons. The molecule has 1 saturated heterocycles. The van der Waals surface area contributed by atoms with E-state index in [1.54, 1.807) is 6.92 Å². The summed E-state index contributed by atoms with van der Waals surface area (Å²) < 4.78 is 55.9. The summed E-state index contributed by atoms with van der Waals surface area (Å²) in [6, 6.07) is 5.65. The van der Waals surface area contributed by atoms with E-state index in [2.05, 4.69) is 9.97 Å². The van der Waals surface area contributed by atoms with Crippen LogP contribution in [0.5, 0.6) is 0 Å². The number of ether oxygens (including phenoxy) is 9. The number of carbonyl (C=O) groups excluding carboxylic acids is 8. The van der Waals surface area contributed by atoms with E-state index in [1.165, 1.54) is 64.4 Å². The van der Waals surface area contributed by atoms with Crippen LogP contribution in [0.4, 0.5) is 0 Å². The molecule has 4 aliphatic rings. The summed E-state index contributed by atoms with van der Waals surface area (Å²) >= 11 is 0. The van der Waals surface area contributed by atoms with Crippen LogP contribution in [0.25, 0.3) is 0 Å². The fourth-order valence-corrected chi connectivity index (χ4v) is 9.81. The number of hydrogen-bond donors (Lipinski definition) is 1. The summed E-state index contributed by atoms with van der Waals surface area (Å²) in [5.74, 6) is -12.8. The summed E-state index contributed by atoms with van der Waals surface area (Å²) in [6.07, 6.45) is -8.47. The zero-order valence-corrected chi connectivity index (χ0v) is 37.0. The summed E-state index contributed by atoms with van der Waals surface area (Å²) in [7, 11) is 0. The highest BCUT2D eigenvalue weighted by atomic mass is 16.7. The number of pyridine rings is 2. The monoisotopic (exact) mass is 896 g/mol. The Balaban J connectivity index is 1.81. The zero-order chi connectivity index (χ0) is 47.3. The van der Waals surface area contributed by atoms with Crippen LogP contribution in [0.2, 0.25) is 0 Å². The van der Waals surface area contributed by atoms with Crippen molar-refractivity contribution in [3.05, 3.63) is 59.7 Å². The Morgan fingerprint density at radius 3 is 2.00 bits per heavy atom. The molecule has 0 aromatic carbocycles. The van der Waals surface area contributed by atoms with Crippen molar-refractivity contribution in [1.29, 1.82) is 0 Å². The topological polar surface area (TPSA) is 266 Å². The Hall–Kier alpha value is -6.02. The molecule has 2 aliphatic heterocycles. The highest BCUT2D eigenvalue weighted by molar-refractivity contribution is 5.91. The standard InChI is InChI=1S/C44H52N2O18/c1-20(2)37(51)61-31-29-33(58-24(6)48)44-42(10,55)34(63-38(52)22(4)21(3)30-28(14-12-16-46-30)40(54)57-18-41(29,9)64-44)32(62-39(53)27-13-11-15-45-17-27)36(60-26(8)50)43(44,19-56-23(5)47)35(31)59-25(7)49/h11-17,20-22,29,31-36,55H,18-19H2,1-10H3/t21-,22+,29-,31-,32+,33-,34+,35-,36+,41+,42+,43-,44+/m1/s1. The van der Waals surface area contributed by atoms with Gasteiger partial charge in [0, 0.05) is 52.2 Å². The van der Waals surface area contributed by atoms with Gasteiger partial charge in [-0.2, -0.15) is 0 Å². The molecule has 4 bridgehead atoms. The Kier molecular flexibility index (Phi) is 13.0. The Labute approximate surface area is 367 Å². The largest absolute Gasteiger partial charge is 0.465 e. The lowest BCUT2D eigenvalue weighted by Crippen LogP contribution is -2.89. The Morgan fingerprint density at radius 2 is 1.42 bits per heavy atom. The molecule has 13 atom stereocenters. The number of fused-ring (bicyclic) bond motifs is 5. The molecular weight excluding hydrogens is 844 g/mol. The summed E-state index contributed by atoms with van der Waals surface area (Å²) in [6.45, 7) is 10.6. The molecule has 0 unspecified atom stereocenters. The number of carbonyl (C=O) groups is 8. The van der Waals surface area contributed by atoms with Gasteiger partial charge in [0.2, 0.25) is 0 Å². The van der Waals surface area contributed by atoms with Crippen molar-refractivity contribution >= 4 is 47.8 Å². The molecule has 0 radical (unpaired) electrons. The zero-order valence-electron chi connectivity index (χ0n) is 37.0. The minimum atomic E-state index is -2.89. The van der Waals surface area contributed by atoms with Gasteiger partial charge < -0.3 is 47.7 Å². The maximum Gasteiger partial charge on any atom is 0.340 e. The van der Waals surface area contributed by atoms with E-state index >= 15 is 0 Å². The van der Waals surface area contributed by atoms with E-state index in [0.29, 0.717) is 0 Å². The molecule has 1 spiro atoms. The second kappa shape index (κ2) is 17.5. The first-order chi connectivity index (χ1) is 29.9. The van der Waals surface area contributed by atoms with Crippen molar-refractivity contribution in [2.45, 2.75) is 129 Å². The van der Waals surface area contributed by atoms with E-state index in [0.717, 1.165) is 40.8 Å². The third kappa shape index (κ3) is 7.83. The van der Waals surface area contributed by atoms with Crippen LogP contribution < -0.4 is 0 Å². The molecule has 20 nitrogen and oxygen atoms in total. The minimum absolute atomic E-state index is 0.0545. The maximum absolute atomic E-state index is 14.7. The third-order valence-electron chi connectivity index (χ3n) is 12.7. The lowest BCUT2D eigenvalue weighted by Gasteiger charge is -2.67. The molecule has 20 heteroatoms. The van der Waals surface area contributed by atoms with E-state index in [4.69, 9.17) is 42.6 Å². The van der Waals surface area contributed by atoms with Gasteiger partial charge in [0.05, 0.1) is 34.6 Å². The van der Waals surface area contributed by atoms with Gasteiger partial charge in [-0.3, -0.25) is 38.7 Å². The van der Waals surface area contributed by atoms with Crippen LogP contribution in [-0.4, -0.2) is 129 Å². The van der Waals surface area contributed by atoms with Crippen LogP contribution in [0.3, 0.4) is 0 Å². The average Bonchev–Trinajstić information content (AvgIpc) is 3.44. The first-order valence-electron chi connectivity index (χ1n) is 20.7. The molecule has 3 fully saturated rings. The van der Waals surface area contributed by atoms with Crippen LogP contribution in [0.1, 0.15) is 102 Å². The van der Waals surface area contributed by atoms with Gasteiger partial charge in [-0.1, -0.05) is 27.7 Å². The predicted molar refractivity (Wildman–Crippen MR) is 212 cm³/mol. The van der Waals surface area contributed by atoms with Crippen LogP contribution in [0, 0.1) is 23.2 Å². The van der Waals surface area contributed by atoms with E-state index in [-0.39, 0.29) is 16.8 Å². The van der Waals surface area contributed by atoms with Crippen molar-refractivity contribution in [2.75, 3.05) is 13.2 Å². The van der Waals surface area contributed by atoms with E-state index < -0.39 is 143 Å². The van der Waals surface area contributed by atoms with Crippen LogP contribution >= 0.6 is 0 Å². The van der Waals surface area contributed by atoms with Gasteiger partial charge in [-0.15, -0.1) is 0 Å². The second-order valence-electron chi connectivity index (χ2n) is 17.3. The van der Waals surface area contributed by atoms with Crippen molar-refractivity contribution < 1.29 is 86.1 Å². The number of esters is 8. The van der Waals surface area contributed by atoms with Crippen molar-refractivity contribution in [3.8, 4) is 0 Å². The highest BCUT2D eigenvalue weighted by Gasteiger charge is 2.92. The molecule has 4 heterocycles. The van der Waals surface area contributed by atoms with E-state index in [9.17, 15) is 43.5 Å². The molecule has 64 heavy (non-hydrogen) atoms. The molecular formula is C44H52N2O18. The van der Waals surface area contributed by atoms with Gasteiger partial charge >= 0.3 is 47.8 Å². The van der Waals surface area contributed by atoms with Crippen molar-refractivity contribution in [2.24, 2.45) is 23.2 Å². The summed E-state index contributed by atoms with van der Waals surface area (Å²) in [5.41, 5.74) is -10.6. The molecule has 2 aliphatic carbocycles. The van der Waals surface area contributed by atoms with Gasteiger partial charge in [0.25, 0.3) is 0 Å². The van der Waals surface area contributed by atoms with Crippen molar-refractivity contribution in [3.63, 3.8) is 0 Å². The van der Waals surface area contributed by atoms with E-state index in [1.807, 2.05) is 0 Å². The molecule has 6 rings (SSSR count). The number of aromatic nitrogens is 2. The van der Waals surface area contributed by atoms with Crippen LogP contribution in [-0.2, 0) is 71.4 Å². The highest BCUT2D eigenvalue weighted by Crippen LogP contribution is 2.70. The fraction of sp³-hybridized carbons (Fsp3) is 0.591. The first-order valence-corrected chi connectivity index (χ1v) is 20.7. The van der Waals surface area contributed by atoms with Gasteiger partial charge in [-0.05, 0) is 38.1 Å². The Bertz CT molecular complexity index is 2210. The lowest BCUT2D eigenvalue weighted by molar-refractivity contribution is -0.386. The molecule has 2 aromatic rings. The number of aliphatic hydroxyl groups is 1. The summed E-state index contributed by atoms with van der Waals surface area (Å²) in [5, 5.41) is 13.7. The smallest absolute Gasteiger partial charge is 0.340 e. The van der Waals surface area contributed by atoms with Gasteiger partial charge in [-0.25, -0.2) is 9.59 Å². The quantitative estimate of drug-likeness (QED) is 0.280. The number of rotatable bonds is 9. The minimum Gasteiger partial charge on any atom is -0.465 e. The maximum atomic E-state index is 14.7. The molecule has 0 amide bonds. The normalized spacial score (nSPS) is 35.3. The predicted octanol–water partition coefficient (Wildman–Crippen LogP) is 2.36. The number of nitrogens with zero attached hydrogens (tertiary/aromatic N) is 2. The van der Waals surface area contributed by atoms with Gasteiger partial charge in [0.1, 0.15) is 42.0 Å². The lowest BCUT2D eigenvalue weighted by atomic mass is 9.45. The molecule has 2 saturated carbocycles. The SMILES string of the molecule is CC(=O)OC[C@]12[C@H](OC(C)=O)[C@H](OC(=O)C(C)C)[C@@H]3[C@@H](OC(C)=O)[C@@]14O[C@@]3(C)COC(=O)c1cccnc1[C@H](C)[C@H](C)C(=O)O[C@@H]([C@H](OC(=O)c1cccnc1)[C@@H]2OC(C)=O)[C@]4(C)O. The van der Waals surface area contributed by atoms with Crippen LogP contribution in [0.15, 0.2) is 42.9 Å². The third-order valence-corrected chi connectivity index (χ3v) is 12.7. The number of cyclic esters (lactones) is 1. The number of hydrogen-bond acceptors (Lipinski definition) is 20. The Morgan fingerprint density at radius 1 is 0.812 bits per heavy atom. The fourth-order valence-electron chi connectivity index (χ4n) is 9.81. The first kappa shape index (κ1) is 47.5. The summed E-state index contributed by atoms with van der Waals surface area (Å²) in [4.78, 5) is 119. The molecule has 1 N–H and O–H groups in total. The molecule has 2 aromatic heterocycles. The van der Waals surface area contributed by atoms with Gasteiger partial charge in [0.15, 0.2) is 30.0 Å². The second-order valence-corrected chi connectivity index (χ2v) is 17.3. The van der Waals surface area contributed by atoms with Crippen molar-refractivity contribution in [1.82, 2.24) is 9.97 Å². The average molecular weight is 897 g/mol.